The number of hydrogen-bond donors (Lipinski definition) is 1. The average Bonchev–Trinajstić information content (AvgIpc) is 2.37. The SMILES string of the molecule is CC1CN(C(=O)c2cc(N)ncc2Cl)CC(C)N1C. The number of piperazine rings is 1. The molecule has 2 N–H and O–H groups in total. The van der Waals surface area contributed by atoms with Crippen molar-refractivity contribution in [2.24, 2.45) is 0 Å². The van der Waals surface area contributed by atoms with Crippen LogP contribution >= 0.6 is 11.6 Å². The number of amides is 1. The van der Waals surface area contributed by atoms with E-state index < -0.39 is 0 Å². The van der Waals surface area contributed by atoms with E-state index in [1.807, 2.05) is 4.90 Å². The van der Waals surface area contributed by atoms with Crippen molar-refractivity contribution in [1.29, 1.82) is 0 Å². The van der Waals surface area contributed by atoms with Gasteiger partial charge in [0.25, 0.3) is 5.91 Å². The van der Waals surface area contributed by atoms with Gasteiger partial charge in [0, 0.05) is 31.4 Å². The summed E-state index contributed by atoms with van der Waals surface area (Å²) < 4.78 is 0. The second-order valence-electron chi connectivity index (χ2n) is 5.16. The van der Waals surface area contributed by atoms with Crippen molar-refractivity contribution in [3.63, 3.8) is 0 Å². The molecule has 1 amide bonds. The van der Waals surface area contributed by atoms with E-state index in [1.165, 1.54) is 6.20 Å². The van der Waals surface area contributed by atoms with Crippen molar-refractivity contribution in [2.75, 3.05) is 25.9 Å². The molecule has 19 heavy (non-hydrogen) atoms. The zero-order valence-electron chi connectivity index (χ0n) is 11.4. The summed E-state index contributed by atoms with van der Waals surface area (Å²) in [6.45, 7) is 5.60. The van der Waals surface area contributed by atoms with Gasteiger partial charge < -0.3 is 10.6 Å². The van der Waals surface area contributed by atoms with Crippen LogP contribution in [0, 0.1) is 0 Å². The number of nitrogens with zero attached hydrogens (tertiary/aromatic N) is 3. The van der Waals surface area contributed by atoms with Crippen LogP contribution < -0.4 is 5.73 Å². The number of hydrogen-bond acceptors (Lipinski definition) is 4. The van der Waals surface area contributed by atoms with Gasteiger partial charge in [-0.1, -0.05) is 11.6 Å². The van der Waals surface area contributed by atoms with E-state index >= 15 is 0 Å². The predicted molar refractivity (Wildman–Crippen MR) is 76.2 cm³/mol. The lowest BCUT2D eigenvalue weighted by molar-refractivity contribution is 0.0414. The van der Waals surface area contributed by atoms with Gasteiger partial charge in [-0.2, -0.15) is 0 Å². The molecule has 1 fully saturated rings. The largest absolute Gasteiger partial charge is 0.384 e. The van der Waals surface area contributed by atoms with Crippen molar-refractivity contribution in [3.05, 3.63) is 22.8 Å². The third-order valence-electron chi connectivity index (χ3n) is 3.75. The number of carbonyl (C=O) groups excluding carboxylic acids is 1. The molecule has 2 unspecified atom stereocenters. The molecule has 6 heteroatoms. The van der Waals surface area contributed by atoms with Gasteiger partial charge in [0.15, 0.2) is 0 Å². The molecule has 0 bridgehead atoms. The Morgan fingerprint density at radius 1 is 1.42 bits per heavy atom. The highest BCUT2D eigenvalue weighted by Gasteiger charge is 2.30. The maximum absolute atomic E-state index is 12.5. The van der Waals surface area contributed by atoms with Gasteiger partial charge in [-0.25, -0.2) is 4.98 Å². The molecule has 0 aliphatic carbocycles. The van der Waals surface area contributed by atoms with Crippen molar-refractivity contribution in [1.82, 2.24) is 14.8 Å². The van der Waals surface area contributed by atoms with Crippen molar-refractivity contribution in [2.45, 2.75) is 25.9 Å². The van der Waals surface area contributed by atoms with Gasteiger partial charge >= 0.3 is 0 Å². The van der Waals surface area contributed by atoms with Gasteiger partial charge in [-0.3, -0.25) is 9.69 Å². The van der Waals surface area contributed by atoms with Gasteiger partial charge in [-0.05, 0) is 27.0 Å². The molecule has 0 spiro atoms. The van der Waals surface area contributed by atoms with Crippen LogP contribution in [0.2, 0.25) is 5.02 Å². The number of pyridine rings is 1. The van der Waals surface area contributed by atoms with Gasteiger partial charge in [-0.15, -0.1) is 0 Å². The Hall–Kier alpha value is -1.33. The third-order valence-corrected chi connectivity index (χ3v) is 4.06. The van der Waals surface area contributed by atoms with Gasteiger partial charge in [0.2, 0.25) is 0 Å². The molecule has 1 aliphatic heterocycles. The Morgan fingerprint density at radius 3 is 2.58 bits per heavy atom. The summed E-state index contributed by atoms with van der Waals surface area (Å²) in [5, 5.41) is 0.346. The normalized spacial score (nSPS) is 24.5. The first kappa shape index (κ1) is 14.1. The van der Waals surface area contributed by atoms with E-state index in [4.69, 9.17) is 17.3 Å². The number of rotatable bonds is 1. The van der Waals surface area contributed by atoms with Crippen LogP contribution in [-0.4, -0.2) is 52.9 Å². The summed E-state index contributed by atoms with van der Waals surface area (Å²) in [5.41, 5.74) is 6.05. The number of halogens is 1. The summed E-state index contributed by atoms with van der Waals surface area (Å²) >= 11 is 6.04. The second-order valence-corrected chi connectivity index (χ2v) is 5.57. The molecule has 2 heterocycles. The molecule has 1 aromatic heterocycles. The number of nitrogen functional groups attached to an aromatic ring is 1. The first-order valence-corrected chi connectivity index (χ1v) is 6.70. The Balaban J connectivity index is 2.22. The summed E-state index contributed by atoms with van der Waals surface area (Å²) in [4.78, 5) is 20.5. The molecule has 0 radical (unpaired) electrons. The van der Waals surface area contributed by atoms with Crippen LogP contribution in [0.4, 0.5) is 5.82 Å². The summed E-state index contributed by atoms with van der Waals surface area (Å²) in [7, 11) is 2.08. The van der Waals surface area contributed by atoms with Crippen LogP contribution in [0.15, 0.2) is 12.3 Å². The lowest BCUT2D eigenvalue weighted by atomic mass is 10.1. The molecule has 0 aromatic carbocycles. The summed E-state index contributed by atoms with van der Waals surface area (Å²) in [6, 6.07) is 2.19. The fourth-order valence-corrected chi connectivity index (χ4v) is 2.54. The van der Waals surface area contributed by atoms with Crippen molar-refractivity contribution < 1.29 is 4.79 Å². The molecule has 2 atom stereocenters. The Kier molecular flexibility index (Phi) is 3.96. The zero-order valence-corrected chi connectivity index (χ0v) is 12.2. The number of nitrogens with two attached hydrogens (primary N) is 1. The molecular formula is C13H19ClN4O. The summed E-state index contributed by atoms with van der Waals surface area (Å²) in [5.74, 6) is 0.230. The van der Waals surface area contributed by atoms with Crippen LogP contribution in [-0.2, 0) is 0 Å². The van der Waals surface area contributed by atoms with E-state index in [2.05, 4.69) is 30.8 Å². The first-order chi connectivity index (χ1) is 8.90. The van der Waals surface area contributed by atoms with Gasteiger partial charge in [0.05, 0.1) is 10.6 Å². The minimum Gasteiger partial charge on any atom is -0.384 e. The lowest BCUT2D eigenvalue weighted by Gasteiger charge is -2.42. The van der Waals surface area contributed by atoms with Crippen molar-refractivity contribution in [3.8, 4) is 0 Å². The van der Waals surface area contributed by atoms with Crippen molar-refractivity contribution >= 4 is 23.3 Å². The van der Waals surface area contributed by atoms with Crippen LogP contribution in [0.3, 0.4) is 0 Å². The molecule has 1 saturated heterocycles. The minimum absolute atomic E-state index is 0.0779. The molecular weight excluding hydrogens is 264 g/mol. The minimum atomic E-state index is -0.0779. The standard InChI is InChI=1S/C13H19ClN4O/c1-8-6-18(7-9(2)17(8)3)13(19)10-4-12(15)16-5-11(10)14/h4-5,8-9H,6-7H2,1-3H3,(H2,15,16). The number of aromatic nitrogens is 1. The quantitative estimate of drug-likeness (QED) is 0.847. The topological polar surface area (TPSA) is 62.5 Å². The molecule has 1 aromatic rings. The third kappa shape index (κ3) is 2.82. The first-order valence-electron chi connectivity index (χ1n) is 6.32. The van der Waals surface area contributed by atoms with E-state index in [0.717, 1.165) is 0 Å². The average molecular weight is 283 g/mol. The van der Waals surface area contributed by atoms with E-state index in [0.29, 0.717) is 41.6 Å². The maximum atomic E-state index is 12.5. The van der Waals surface area contributed by atoms with Crippen LogP contribution in [0.5, 0.6) is 0 Å². The Bertz CT molecular complexity index is 482. The smallest absolute Gasteiger partial charge is 0.255 e. The highest BCUT2D eigenvalue weighted by molar-refractivity contribution is 6.33. The number of anilines is 1. The van der Waals surface area contributed by atoms with Crippen LogP contribution in [0.25, 0.3) is 0 Å². The summed E-state index contributed by atoms with van der Waals surface area (Å²) in [6.07, 6.45) is 1.42. The highest BCUT2D eigenvalue weighted by atomic mass is 35.5. The molecule has 0 saturated carbocycles. The lowest BCUT2D eigenvalue weighted by Crippen LogP contribution is -2.56. The van der Waals surface area contributed by atoms with E-state index in [-0.39, 0.29) is 5.91 Å². The van der Waals surface area contributed by atoms with E-state index in [9.17, 15) is 4.79 Å². The zero-order chi connectivity index (χ0) is 14.2. The molecule has 1 aliphatic rings. The fourth-order valence-electron chi connectivity index (χ4n) is 2.36. The molecule has 2 rings (SSSR count). The van der Waals surface area contributed by atoms with Crippen LogP contribution in [0.1, 0.15) is 24.2 Å². The van der Waals surface area contributed by atoms with Gasteiger partial charge in [0.1, 0.15) is 5.82 Å². The predicted octanol–water partition coefficient (Wildman–Crippen LogP) is 1.48. The monoisotopic (exact) mass is 282 g/mol. The Morgan fingerprint density at radius 2 is 2.00 bits per heavy atom. The fraction of sp³-hybridized carbons (Fsp3) is 0.538. The molecule has 5 nitrogen and oxygen atoms in total. The number of carbonyl (C=O) groups is 1. The van der Waals surface area contributed by atoms with E-state index in [1.54, 1.807) is 6.07 Å². The Labute approximate surface area is 118 Å². The highest BCUT2D eigenvalue weighted by Crippen LogP contribution is 2.21. The number of likely N-dealkylation sites (N-methyl/N-ethyl adjacent to an activating group) is 1. The molecule has 104 valence electrons. The maximum Gasteiger partial charge on any atom is 0.255 e. The second kappa shape index (κ2) is 5.35.